The van der Waals surface area contributed by atoms with E-state index in [0.29, 0.717) is 0 Å². The lowest BCUT2D eigenvalue weighted by atomic mass is 10.2. The molecule has 0 aliphatic carbocycles. The first kappa shape index (κ1) is 14.9. The molecule has 2 rings (SSSR count). The third kappa shape index (κ3) is 3.33. The highest BCUT2D eigenvalue weighted by Crippen LogP contribution is 2.17. The van der Waals surface area contributed by atoms with Crippen molar-refractivity contribution in [3.05, 3.63) is 35.6 Å². The van der Waals surface area contributed by atoms with Gasteiger partial charge in [-0.05, 0) is 6.07 Å². The second-order valence-electron chi connectivity index (χ2n) is 4.47. The fourth-order valence-electron chi connectivity index (χ4n) is 1.95. The van der Waals surface area contributed by atoms with Gasteiger partial charge in [0.25, 0.3) is 0 Å². The number of nitrogens with zero attached hydrogens (tertiary/aromatic N) is 1. The van der Waals surface area contributed by atoms with Gasteiger partial charge >= 0.3 is 0 Å². The number of nitrogens with two attached hydrogens (primary N) is 1. The van der Waals surface area contributed by atoms with E-state index in [1.807, 2.05) is 0 Å². The summed E-state index contributed by atoms with van der Waals surface area (Å²) in [6.07, 6.45) is -0.959. The lowest BCUT2D eigenvalue weighted by molar-refractivity contribution is -0.132. The first-order chi connectivity index (χ1) is 9.40. The molecule has 1 amide bonds. The second kappa shape index (κ2) is 5.86. The molecule has 0 spiro atoms. The molecule has 0 saturated carbocycles. The van der Waals surface area contributed by atoms with Crippen LogP contribution in [-0.4, -0.2) is 44.4 Å². The van der Waals surface area contributed by atoms with Crippen LogP contribution >= 0.6 is 0 Å². The number of ether oxygens (including phenoxy) is 1. The molecule has 1 fully saturated rings. The van der Waals surface area contributed by atoms with Crippen LogP contribution in [0.1, 0.15) is 5.56 Å². The summed E-state index contributed by atoms with van der Waals surface area (Å²) in [6.45, 7) is 0.0802. The number of halogens is 1. The average molecular weight is 302 g/mol. The molecule has 1 heterocycles. The largest absolute Gasteiger partial charge is 0.367 e. The zero-order valence-electron chi connectivity index (χ0n) is 10.7. The van der Waals surface area contributed by atoms with E-state index in [9.17, 15) is 17.6 Å². The van der Waals surface area contributed by atoms with E-state index in [4.69, 9.17) is 10.5 Å². The van der Waals surface area contributed by atoms with Crippen LogP contribution in [0.3, 0.4) is 0 Å². The van der Waals surface area contributed by atoms with Gasteiger partial charge in [-0.25, -0.2) is 12.8 Å². The van der Waals surface area contributed by atoms with Crippen LogP contribution in [0.2, 0.25) is 0 Å². The molecule has 110 valence electrons. The molecule has 2 N–H and O–H groups in total. The van der Waals surface area contributed by atoms with Crippen LogP contribution in [0, 0.1) is 5.82 Å². The fraction of sp³-hybridized carbons (Fsp3) is 0.417. The van der Waals surface area contributed by atoms with Gasteiger partial charge in [0.1, 0.15) is 11.9 Å². The van der Waals surface area contributed by atoms with Gasteiger partial charge < -0.3 is 10.5 Å². The van der Waals surface area contributed by atoms with Crippen LogP contribution in [0.4, 0.5) is 4.39 Å². The first-order valence-electron chi connectivity index (χ1n) is 6.02. The van der Waals surface area contributed by atoms with Crippen molar-refractivity contribution >= 4 is 15.9 Å². The van der Waals surface area contributed by atoms with Crippen molar-refractivity contribution in [1.82, 2.24) is 4.31 Å². The maximum atomic E-state index is 13.5. The summed E-state index contributed by atoms with van der Waals surface area (Å²) >= 11 is 0. The number of hydrogen-bond donors (Lipinski definition) is 1. The molecule has 1 aromatic carbocycles. The Balaban J connectivity index is 2.14. The summed E-state index contributed by atoms with van der Waals surface area (Å²) < 4.78 is 44.2. The number of sulfonamides is 1. The van der Waals surface area contributed by atoms with Gasteiger partial charge in [0.15, 0.2) is 0 Å². The molecule has 8 heteroatoms. The lowest BCUT2D eigenvalue weighted by Gasteiger charge is -2.30. The highest BCUT2D eigenvalue weighted by Gasteiger charge is 2.32. The van der Waals surface area contributed by atoms with Crippen molar-refractivity contribution < 1.29 is 22.3 Å². The molecule has 1 aliphatic rings. The van der Waals surface area contributed by atoms with Crippen molar-refractivity contribution in [3.8, 4) is 0 Å². The summed E-state index contributed by atoms with van der Waals surface area (Å²) in [7, 11) is -3.72. The highest BCUT2D eigenvalue weighted by atomic mass is 32.2. The number of primary amides is 1. The van der Waals surface area contributed by atoms with Gasteiger partial charge in [0, 0.05) is 18.7 Å². The third-order valence-corrected chi connectivity index (χ3v) is 4.83. The summed E-state index contributed by atoms with van der Waals surface area (Å²) in [5.41, 5.74) is 5.20. The van der Waals surface area contributed by atoms with E-state index in [-0.39, 0.29) is 25.3 Å². The Hall–Kier alpha value is -1.51. The summed E-state index contributed by atoms with van der Waals surface area (Å²) in [4.78, 5) is 11.1. The molecule has 0 radical (unpaired) electrons. The number of morpholine rings is 1. The number of benzene rings is 1. The van der Waals surface area contributed by atoms with Crippen molar-refractivity contribution in [2.75, 3.05) is 19.7 Å². The van der Waals surface area contributed by atoms with E-state index >= 15 is 0 Å². The predicted molar refractivity (Wildman–Crippen MR) is 69.5 cm³/mol. The van der Waals surface area contributed by atoms with Gasteiger partial charge in [0.05, 0.1) is 12.4 Å². The molecule has 1 aromatic rings. The number of amides is 1. The van der Waals surface area contributed by atoms with Crippen molar-refractivity contribution in [2.24, 2.45) is 5.73 Å². The smallest absolute Gasteiger partial charge is 0.247 e. The zero-order chi connectivity index (χ0) is 14.8. The Labute approximate surface area is 116 Å². The normalized spacial score (nSPS) is 20.8. The summed E-state index contributed by atoms with van der Waals surface area (Å²) in [5.74, 6) is -1.74. The Kier molecular flexibility index (Phi) is 4.36. The van der Waals surface area contributed by atoms with Crippen molar-refractivity contribution in [2.45, 2.75) is 11.9 Å². The van der Waals surface area contributed by atoms with Crippen LogP contribution in [-0.2, 0) is 25.3 Å². The van der Waals surface area contributed by atoms with Gasteiger partial charge in [-0.2, -0.15) is 4.31 Å². The molecular weight excluding hydrogens is 287 g/mol. The topological polar surface area (TPSA) is 89.7 Å². The highest BCUT2D eigenvalue weighted by molar-refractivity contribution is 7.88. The minimum absolute atomic E-state index is 0.0874. The Morgan fingerprint density at radius 3 is 2.80 bits per heavy atom. The van der Waals surface area contributed by atoms with Crippen molar-refractivity contribution in [1.29, 1.82) is 0 Å². The van der Waals surface area contributed by atoms with E-state index in [1.165, 1.54) is 18.2 Å². The predicted octanol–water partition coefficient (Wildman–Crippen LogP) is -0.158. The fourth-order valence-corrected chi connectivity index (χ4v) is 3.48. The molecule has 1 saturated heterocycles. The van der Waals surface area contributed by atoms with Crippen LogP contribution < -0.4 is 5.73 Å². The second-order valence-corrected chi connectivity index (χ2v) is 6.44. The van der Waals surface area contributed by atoms with E-state index in [2.05, 4.69) is 0 Å². The maximum absolute atomic E-state index is 13.5. The van der Waals surface area contributed by atoms with Crippen molar-refractivity contribution in [3.63, 3.8) is 0 Å². The molecule has 0 aromatic heterocycles. The SMILES string of the molecule is NC(=O)[C@H]1CN(S(=O)(=O)Cc2ccccc2F)CCO1. The molecule has 0 bridgehead atoms. The van der Waals surface area contributed by atoms with E-state index in [1.54, 1.807) is 6.07 Å². The summed E-state index contributed by atoms with van der Waals surface area (Å²) in [5, 5.41) is 0. The third-order valence-electron chi connectivity index (χ3n) is 3.04. The summed E-state index contributed by atoms with van der Waals surface area (Å²) in [6, 6.07) is 5.68. The Bertz CT molecular complexity index is 605. The van der Waals surface area contributed by atoms with Crippen LogP contribution in [0.25, 0.3) is 0 Å². The van der Waals surface area contributed by atoms with Gasteiger partial charge in [-0.15, -0.1) is 0 Å². The lowest BCUT2D eigenvalue weighted by Crippen LogP contribution is -2.50. The molecular formula is C12H15FN2O4S. The molecule has 0 unspecified atom stereocenters. The number of rotatable bonds is 4. The van der Waals surface area contributed by atoms with Gasteiger partial charge in [-0.3, -0.25) is 4.79 Å². The number of carbonyl (C=O) groups is 1. The quantitative estimate of drug-likeness (QED) is 0.837. The Morgan fingerprint density at radius 2 is 2.15 bits per heavy atom. The molecule has 1 aliphatic heterocycles. The first-order valence-corrected chi connectivity index (χ1v) is 7.63. The van der Waals surface area contributed by atoms with Gasteiger partial charge in [0.2, 0.25) is 15.9 Å². The number of carbonyl (C=O) groups excluding carboxylic acids is 1. The van der Waals surface area contributed by atoms with E-state index < -0.39 is 33.6 Å². The minimum Gasteiger partial charge on any atom is -0.367 e. The molecule has 6 nitrogen and oxygen atoms in total. The maximum Gasteiger partial charge on any atom is 0.247 e. The van der Waals surface area contributed by atoms with Crippen LogP contribution in [0.15, 0.2) is 24.3 Å². The van der Waals surface area contributed by atoms with E-state index in [0.717, 1.165) is 4.31 Å². The number of hydrogen-bond acceptors (Lipinski definition) is 4. The zero-order valence-corrected chi connectivity index (χ0v) is 11.5. The van der Waals surface area contributed by atoms with Gasteiger partial charge in [-0.1, -0.05) is 18.2 Å². The molecule has 1 atom stereocenters. The standard InChI is InChI=1S/C12H15FN2O4S/c13-10-4-2-1-3-9(10)8-20(17,18)15-5-6-19-11(7-15)12(14)16/h1-4,11H,5-8H2,(H2,14,16)/t11-/m1/s1. The minimum atomic E-state index is -3.72. The molecule has 20 heavy (non-hydrogen) atoms. The van der Waals surface area contributed by atoms with Crippen LogP contribution in [0.5, 0.6) is 0 Å². The average Bonchev–Trinajstić information content (AvgIpc) is 2.41. The Morgan fingerprint density at radius 1 is 1.45 bits per heavy atom. The monoisotopic (exact) mass is 302 g/mol.